The van der Waals surface area contributed by atoms with Gasteiger partial charge in [-0.2, -0.15) is 21.6 Å². The van der Waals surface area contributed by atoms with Crippen molar-refractivity contribution in [3.8, 4) is 0 Å². The molecule has 1 aromatic rings. The molecule has 25 heavy (non-hydrogen) atoms. The average Bonchev–Trinajstić information content (AvgIpc) is 2.54. The maximum atomic E-state index is 12.6. The van der Waals surface area contributed by atoms with Crippen molar-refractivity contribution in [3.05, 3.63) is 40.9 Å². The molecule has 1 aliphatic rings. The van der Waals surface area contributed by atoms with Crippen molar-refractivity contribution in [1.82, 2.24) is 0 Å². The first-order valence-corrected chi connectivity index (χ1v) is 9.22. The molecule has 1 unspecified atom stereocenters. The van der Waals surface area contributed by atoms with Crippen LogP contribution in [0.5, 0.6) is 0 Å². The molecule has 0 aromatic heterocycles. The van der Waals surface area contributed by atoms with Crippen molar-refractivity contribution in [2.75, 3.05) is 4.72 Å². The standard InChI is InChI=1S/C15H16ClF3N2O3S/c1-10(20-24-12-5-3-2-4-6-12)13-9-11(16)7-8-14(13)21-25(22,23)15(17,18)19/h3,5,7-9,12,21H,2,4,6H2,1H3/b20-10+. The van der Waals surface area contributed by atoms with Crippen LogP contribution in [0, 0.1) is 0 Å². The molecule has 0 saturated carbocycles. The quantitative estimate of drug-likeness (QED) is 0.454. The third kappa shape index (κ3) is 5.12. The number of rotatable bonds is 5. The van der Waals surface area contributed by atoms with Crippen molar-refractivity contribution >= 4 is 33.0 Å². The first-order chi connectivity index (χ1) is 11.6. The van der Waals surface area contributed by atoms with Crippen LogP contribution in [-0.4, -0.2) is 25.7 Å². The SMILES string of the molecule is C/C(=N\OC1C=CCCC1)c1cc(Cl)ccc1NS(=O)(=O)C(F)(F)F. The predicted molar refractivity (Wildman–Crippen MR) is 90.1 cm³/mol. The molecule has 10 heteroatoms. The summed E-state index contributed by atoms with van der Waals surface area (Å²) in [5.74, 6) is 0. The van der Waals surface area contributed by atoms with Gasteiger partial charge in [-0.3, -0.25) is 4.72 Å². The minimum Gasteiger partial charge on any atom is -0.388 e. The van der Waals surface area contributed by atoms with Crippen molar-refractivity contribution in [3.63, 3.8) is 0 Å². The smallest absolute Gasteiger partial charge is 0.388 e. The zero-order valence-electron chi connectivity index (χ0n) is 13.2. The van der Waals surface area contributed by atoms with Crippen LogP contribution in [0.2, 0.25) is 5.02 Å². The van der Waals surface area contributed by atoms with Gasteiger partial charge in [0.2, 0.25) is 0 Å². The second-order valence-electron chi connectivity index (χ2n) is 5.42. The van der Waals surface area contributed by atoms with E-state index in [0.29, 0.717) is 0 Å². The summed E-state index contributed by atoms with van der Waals surface area (Å²) < 4.78 is 61.9. The summed E-state index contributed by atoms with van der Waals surface area (Å²) in [5.41, 5.74) is -5.43. The van der Waals surface area contributed by atoms with Gasteiger partial charge in [-0.25, -0.2) is 0 Å². The predicted octanol–water partition coefficient (Wildman–Crippen LogP) is 4.45. The number of allylic oxidation sites excluding steroid dienone is 1. The summed E-state index contributed by atoms with van der Waals surface area (Å²) in [6.45, 7) is 1.49. The van der Waals surface area contributed by atoms with Gasteiger partial charge in [0.15, 0.2) is 0 Å². The number of nitrogens with zero attached hydrogens (tertiary/aromatic N) is 1. The number of benzene rings is 1. The molecule has 1 aliphatic carbocycles. The number of hydrogen-bond donors (Lipinski definition) is 1. The van der Waals surface area contributed by atoms with E-state index in [1.807, 2.05) is 12.2 Å². The van der Waals surface area contributed by atoms with Crippen LogP contribution in [0.25, 0.3) is 0 Å². The third-order valence-electron chi connectivity index (χ3n) is 3.46. The molecule has 0 aliphatic heterocycles. The minimum absolute atomic E-state index is 0.0973. The van der Waals surface area contributed by atoms with Gasteiger partial charge in [-0.05, 0) is 50.5 Å². The van der Waals surface area contributed by atoms with Crippen molar-refractivity contribution < 1.29 is 26.4 Å². The summed E-state index contributed by atoms with van der Waals surface area (Å²) in [6, 6.07) is 3.73. The van der Waals surface area contributed by atoms with Gasteiger partial charge < -0.3 is 4.84 Å². The molecule has 1 N–H and O–H groups in total. The lowest BCUT2D eigenvalue weighted by Gasteiger charge is -2.16. The largest absolute Gasteiger partial charge is 0.516 e. The van der Waals surface area contributed by atoms with Crippen molar-refractivity contribution in [1.29, 1.82) is 0 Å². The molecule has 1 atom stereocenters. The third-order valence-corrected chi connectivity index (χ3v) is 4.79. The first kappa shape index (κ1) is 19.6. The van der Waals surface area contributed by atoms with Gasteiger partial charge in [0.05, 0.1) is 11.4 Å². The Hall–Kier alpha value is -1.74. The number of sulfonamides is 1. The Labute approximate surface area is 148 Å². The molecule has 2 rings (SSSR count). The van der Waals surface area contributed by atoms with Gasteiger partial charge in [0.25, 0.3) is 0 Å². The second kappa shape index (κ2) is 7.65. The Balaban J connectivity index is 2.28. The lowest BCUT2D eigenvalue weighted by atomic mass is 10.1. The van der Waals surface area contributed by atoms with Gasteiger partial charge in [0, 0.05) is 10.6 Å². The number of anilines is 1. The highest BCUT2D eigenvalue weighted by molar-refractivity contribution is 7.93. The molecular weight excluding hydrogens is 381 g/mol. The van der Waals surface area contributed by atoms with E-state index in [9.17, 15) is 21.6 Å². The van der Waals surface area contributed by atoms with E-state index in [1.165, 1.54) is 23.8 Å². The fourth-order valence-corrected chi connectivity index (χ4v) is 2.93. The van der Waals surface area contributed by atoms with Gasteiger partial charge >= 0.3 is 15.5 Å². The van der Waals surface area contributed by atoms with Crippen LogP contribution in [0.15, 0.2) is 35.5 Å². The van der Waals surface area contributed by atoms with Crippen molar-refractivity contribution in [2.24, 2.45) is 5.16 Å². The Morgan fingerprint density at radius 1 is 1.40 bits per heavy atom. The maximum Gasteiger partial charge on any atom is 0.516 e. The van der Waals surface area contributed by atoms with Crippen LogP contribution in [0.1, 0.15) is 31.7 Å². The Bertz CT molecular complexity index is 792. The topological polar surface area (TPSA) is 67.8 Å². The van der Waals surface area contributed by atoms with Crippen LogP contribution < -0.4 is 4.72 Å². The monoisotopic (exact) mass is 396 g/mol. The molecule has 1 aromatic carbocycles. The highest BCUT2D eigenvalue weighted by atomic mass is 35.5. The first-order valence-electron chi connectivity index (χ1n) is 7.36. The summed E-state index contributed by atoms with van der Waals surface area (Å²) in [6.07, 6.45) is 6.27. The molecule has 0 radical (unpaired) electrons. The molecule has 0 saturated heterocycles. The van der Waals surface area contributed by atoms with Crippen LogP contribution in [0.3, 0.4) is 0 Å². The molecule has 0 spiro atoms. The van der Waals surface area contributed by atoms with Crippen molar-refractivity contribution in [2.45, 2.75) is 37.8 Å². The molecule has 0 fully saturated rings. The lowest BCUT2D eigenvalue weighted by Crippen LogP contribution is -2.30. The number of halogens is 4. The lowest BCUT2D eigenvalue weighted by molar-refractivity contribution is -0.0429. The number of nitrogens with one attached hydrogen (secondary N) is 1. The van der Waals surface area contributed by atoms with E-state index in [4.69, 9.17) is 16.4 Å². The maximum absolute atomic E-state index is 12.6. The molecule has 0 bridgehead atoms. The highest BCUT2D eigenvalue weighted by Gasteiger charge is 2.46. The molecule has 0 heterocycles. The Morgan fingerprint density at radius 2 is 2.12 bits per heavy atom. The van der Waals surface area contributed by atoms with E-state index in [0.717, 1.165) is 25.3 Å². The van der Waals surface area contributed by atoms with Gasteiger partial charge in [-0.15, -0.1) is 0 Å². The Morgan fingerprint density at radius 3 is 2.72 bits per heavy atom. The van der Waals surface area contributed by atoms with E-state index in [-0.39, 0.29) is 28.1 Å². The summed E-state index contributed by atoms with van der Waals surface area (Å²) in [4.78, 5) is 5.35. The van der Waals surface area contributed by atoms with E-state index < -0.39 is 15.5 Å². The van der Waals surface area contributed by atoms with Crippen LogP contribution >= 0.6 is 11.6 Å². The fourth-order valence-electron chi connectivity index (χ4n) is 2.17. The summed E-state index contributed by atoms with van der Waals surface area (Å²) in [5, 5.41) is 4.12. The Kier molecular flexibility index (Phi) is 5.99. The fraction of sp³-hybridized carbons (Fsp3) is 0.400. The number of alkyl halides is 3. The normalized spacial score (nSPS) is 18.9. The minimum atomic E-state index is -5.56. The van der Waals surface area contributed by atoms with Crippen LogP contribution in [-0.2, 0) is 14.9 Å². The van der Waals surface area contributed by atoms with Crippen LogP contribution in [0.4, 0.5) is 18.9 Å². The molecular formula is C15H16ClF3N2O3S. The molecule has 138 valence electrons. The molecule has 5 nitrogen and oxygen atoms in total. The van der Waals surface area contributed by atoms with E-state index >= 15 is 0 Å². The zero-order valence-corrected chi connectivity index (χ0v) is 14.7. The summed E-state index contributed by atoms with van der Waals surface area (Å²) >= 11 is 5.86. The molecule has 0 amide bonds. The highest BCUT2D eigenvalue weighted by Crippen LogP contribution is 2.29. The number of oxime groups is 1. The average molecular weight is 397 g/mol. The van der Waals surface area contributed by atoms with Gasteiger partial charge in [0.1, 0.15) is 6.10 Å². The van der Waals surface area contributed by atoms with E-state index in [1.54, 1.807) is 0 Å². The summed E-state index contributed by atoms with van der Waals surface area (Å²) in [7, 11) is -5.56. The second-order valence-corrected chi connectivity index (χ2v) is 7.53. The number of hydrogen-bond acceptors (Lipinski definition) is 4. The van der Waals surface area contributed by atoms with E-state index in [2.05, 4.69) is 5.16 Å². The zero-order chi connectivity index (χ0) is 18.7. The van der Waals surface area contributed by atoms with Gasteiger partial charge in [-0.1, -0.05) is 22.8 Å².